The summed E-state index contributed by atoms with van der Waals surface area (Å²) in [5.74, 6) is 0. The van der Waals surface area contributed by atoms with Crippen molar-refractivity contribution in [3.8, 4) is 33.4 Å². The first-order valence-corrected chi connectivity index (χ1v) is 17.6. The van der Waals surface area contributed by atoms with E-state index in [4.69, 9.17) is 15.6 Å². The second kappa shape index (κ2) is 18.5. The molecule has 0 saturated heterocycles. The highest BCUT2D eigenvalue weighted by molar-refractivity contribution is 6.13. The topological polar surface area (TPSA) is 63.0 Å². The molecule has 8 aromatic rings. The molecule has 0 saturated carbocycles. The zero-order valence-corrected chi connectivity index (χ0v) is 30.7. The largest absolute Gasteiger partial charge is 0.456 e. The molecule has 0 bridgehead atoms. The predicted molar refractivity (Wildman–Crippen MR) is 232 cm³/mol. The van der Waals surface area contributed by atoms with Gasteiger partial charge in [0.25, 0.3) is 0 Å². The van der Waals surface area contributed by atoms with E-state index in [1.807, 2.05) is 80.6 Å². The Morgan fingerprint density at radius 3 is 1.81 bits per heavy atom. The van der Waals surface area contributed by atoms with Gasteiger partial charge in [0.05, 0.1) is 0 Å². The second-order valence-electron chi connectivity index (χ2n) is 12.5. The maximum absolute atomic E-state index is 6.22. The van der Waals surface area contributed by atoms with Crippen LogP contribution in [0.1, 0.15) is 19.4 Å². The van der Waals surface area contributed by atoms with Crippen LogP contribution in [0.15, 0.2) is 199 Å². The van der Waals surface area contributed by atoms with Crippen LogP contribution in [-0.2, 0) is 0 Å². The number of hydrogen-bond donors (Lipinski definition) is 2. The number of furan rings is 1. The van der Waals surface area contributed by atoms with Gasteiger partial charge in [-0.25, -0.2) is 0 Å². The molecule has 1 heterocycles. The smallest absolute Gasteiger partial charge is 0.136 e. The molecule has 0 amide bonds. The zero-order valence-electron chi connectivity index (χ0n) is 30.7. The number of hydrogen-bond acceptors (Lipinski definition) is 3. The first-order chi connectivity index (χ1) is 25.9. The third-order valence-corrected chi connectivity index (χ3v) is 8.83. The second-order valence-corrected chi connectivity index (χ2v) is 12.5. The molecule has 0 unspecified atom stereocenters. The monoisotopic (exact) mass is 690 g/mol. The maximum Gasteiger partial charge on any atom is 0.136 e. The first-order valence-electron chi connectivity index (χ1n) is 17.6. The number of rotatable bonds is 5. The average Bonchev–Trinajstić information content (AvgIpc) is 3.60. The summed E-state index contributed by atoms with van der Waals surface area (Å²) < 4.78 is 6.22. The van der Waals surface area contributed by atoms with Crippen LogP contribution in [0.2, 0.25) is 0 Å². The molecule has 0 radical (unpaired) electrons. The molecular weight excluding hydrogens is 645 g/mol. The van der Waals surface area contributed by atoms with Gasteiger partial charge in [0.2, 0.25) is 0 Å². The van der Waals surface area contributed by atoms with Crippen molar-refractivity contribution in [2.45, 2.75) is 20.8 Å². The van der Waals surface area contributed by atoms with Crippen molar-refractivity contribution in [1.29, 1.82) is 5.41 Å². The summed E-state index contributed by atoms with van der Waals surface area (Å²) in [4.78, 5) is 0. The molecule has 7 aromatic carbocycles. The van der Waals surface area contributed by atoms with Gasteiger partial charge in [0, 0.05) is 16.5 Å². The molecule has 0 aliphatic heterocycles. The summed E-state index contributed by atoms with van der Waals surface area (Å²) in [7, 11) is 0. The molecule has 8 rings (SSSR count). The zero-order chi connectivity index (χ0) is 37.6. The number of nitrogens with two attached hydrogens (primary N) is 1. The van der Waals surface area contributed by atoms with Gasteiger partial charge in [-0.3, -0.25) is 0 Å². The molecule has 3 heteroatoms. The van der Waals surface area contributed by atoms with E-state index in [2.05, 4.69) is 135 Å². The molecule has 0 aliphatic carbocycles. The van der Waals surface area contributed by atoms with Gasteiger partial charge in [0.1, 0.15) is 11.2 Å². The SMILES string of the molecule is C=C/C(C)=C\C=C/C.C=N.Cc1ccccc1.Nc1ccc(-c2cccc3oc4ccc(-c5ccc(-c6ccc7ccccc7c6)cc5)cc4c23)cc1. The van der Waals surface area contributed by atoms with E-state index in [9.17, 15) is 0 Å². The van der Waals surface area contributed by atoms with Gasteiger partial charge < -0.3 is 15.6 Å². The predicted octanol–water partition coefficient (Wildman–Crippen LogP) is 14.3. The fraction of sp³-hybridized carbons (Fsp3) is 0.0600. The molecule has 0 atom stereocenters. The lowest BCUT2D eigenvalue weighted by Gasteiger charge is -2.07. The Morgan fingerprint density at radius 1 is 0.604 bits per heavy atom. The van der Waals surface area contributed by atoms with E-state index in [0.717, 1.165) is 38.8 Å². The van der Waals surface area contributed by atoms with Crippen LogP contribution >= 0.6 is 0 Å². The maximum atomic E-state index is 6.22. The highest BCUT2D eigenvalue weighted by Crippen LogP contribution is 2.39. The lowest BCUT2D eigenvalue weighted by molar-refractivity contribution is 0.669. The molecule has 262 valence electrons. The highest BCUT2D eigenvalue weighted by atomic mass is 16.3. The lowest BCUT2D eigenvalue weighted by atomic mass is 9.96. The van der Waals surface area contributed by atoms with Crippen LogP contribution in [0.4, 0.5) is 5.69 Å². The van der Waals surface area contributed by atoms with E-state index in [1.165, 1.54) is 44.2 Å². The minimum atomic E-state index is 0.761. The van der Waals surface area contributed by atoms with Gasteiger partial charge in [-0.15, -0.1) is 0 Å². The number of nitrogens with one attached hydrogen (secondary N) is 1. The normalized spacial score (nSPS) is 10.9. The molecule has 0 fully saturated rings. The van der Waals surface area contributed by atoms with Crippen LogP contribution in [0, 0.1) is 12.3 Å². The Hall–Kier alpha value is -6.71. The van der Waals surface area contributed by atoms with Crippen molar-refractivity contribution in [2.24, 2.45) is 0 Å². The summed E-state index contributed by atoms with van der Waals surface area (Å²) in [6, 6.07) is 54.9. The molecule has 53 heavy (non-hydrogen) atoms. The minimum absolute atomic E-state index is 0.761. The average molecular weight is 691 g/mol. The number of fused-ring (bicyclic) bond motifs is 4. The lowest BCUT2D eigenvalue weighted by Crippen LogP contribution is -1.85. The number of benzene rings is 7. The van der Waals surface area contributed by atoms with E-state index in [0.29, 0.717) is 0 Å². The fourth-order valence-electron chi connectivity index (χ4n) is 5.98. The Balaban J connectivity index is 0.000000266. The van der Waals surface area contributed by atoms with Crippen molar-refractivity contribution >= 4 is 45.1 Å². The third kappa shape index (κ3) is 9.55. The Labute approximate surface area is 313 Å². The van der Waals surface area contributed by atoms with Crippen molar-refractivity contribution in [3.05, 3.63) is 200 Å². The van der Waals surface area contributed by atoms with Crippen LogP contribution in [0.5, 0.6) is 0 Å². The van der Waals surface area contributed by atoms with Crippen molar-refractivity contribution in [1.82, 2.24) is 0 Å². The van der Waals surface area contributed by atoms with Crippen molar-refractivity contribution < 1.29 is 4.42 Å². The van der Waals surface area contributed by atoms with Crippen LogP contribution in [0.25, 0.3) is 66.1 Å². The van der Waals surface area contributed by atoms with Crippen LogP contribution in [0.3, 0.4) is 0 Å². The summed E-state index contributed by atoms with van der Waals surface area (Å²) >= 11 is 0. The Bertz CT molecular complexity index is 2470. The van der Waals surface area contributed by atoms with Gasteiger partial charge in [-0.1, -0.05) is 163 Å². The summed E-state index contributed by atoms with van der Waals surface area (Å²) in [6.45, 7) is 12.2. The van der Waals surface area contributed by atoms with Crippen molar-refractivity contribution in [2.75, 3.05) is 5.73 Å². The summed E-state index contributed by atoms with van der Waals surface area (Å²) in [5.41, 5.74) is 18.1. The summed E-state index contributed by atoms with van der Waals surface area (Å²) in [5, 5.41) is 10.3. The Morgan fingerprint density at radius 2 is 1.19 bits per heavy atom. The molecule has 0 spiro atoms. The van der Waals surface area contributed by atoms with Gasteiger partial charge >= 0.3 is 0 Å². The van der Waals surface area contributed by atoms with E-state index in [-0.39, 0.29) is 0 Å². The van der Waals surface area contributed by atoms with Crippen molar-refractivity contribution in [3.63, 3.8) is 0 Å². The summed E-state index contributed by atoms with van der Waals surface area (Å²) in [6.07, 6.45) is 7.84. The molecule has 1 aromatic heterocycles. The molecule has 3 nitrogen and oxygen atoms in total. The number of allylic oxidation sites excluding steroid dienone is 5. The van der Waals surface area contributed by atoms with Gasteiger partial charge in [-0.2, -0.15) is 0 Å². The molecule has 0 aliphatic rings. The number of aryl methyl sites for hydroxylation is 1. The van der Waals surface area contributed by atoms with E-state index >= 15 is 0 Å². The van der Waals surface area contributed by atoms with Gasteiger partial charge in [0.15, 0.2) is 0 Å². The highest BCUT2D eigenvalue weighted by Gasteiger charge is 2.13. The Kier molecular flexibility index (Phi) is 13.1. The van der Waals surface area contributed by atoms with Gasteiger partial charge in [-0.05, 0) is 108 Å². The van der Waals surface area contributed by atoms with Crippen LogP contribution < -0.4 is 5.73 Å². The van der Waals surface area contributed by atoms with Crippen LogP contribution in [-0.4, -0.2) is 6.72 Å². The number of anilines is 1. The molecular formula is C50H46N2O. The quantitative estimate of drug-likeness (QED) is 0.107. The fourth-order valence-corrected chi connectivity index (χ4v) is 5.98. The third-order valence-electron chi connectivity index (χ3n) is 8.83. The standard InChI is InChI=1S/C34H23NO.C8H12.C7H8.CH3N/c35-29-17-14-25(15-18-29)30-6-3-7-33-34(30)31-21-28(16-19-32(31)36-33)24-10-8-23(9-11-24)27-13-12-22-4-1-2-5-26(22)20-27;1-4-6-7-8(3)5-2;1-7-5-3-2-4-6-7;1-2/h1-21H,35H2;4-7H,2H2,1,3H3;2-6H,1H3;2H,1H2/b;6-4-,8-7-;;. The van der Waals surface area contributed by atoms with E-state index in [1.54, 1.807) is 0 Å². The minimum Gasteiger partial charge on any atom is -0.456 e. The van der Waals surface area contributed by atoms with E-state index < -0.39 is 0 Å². The molecule has 3 N–H and O–H groups in total. The number of nitrogen functional groups attached to an aromatic ring is 1. The first kappa shape index (κ1) is 37.5.